The summed E-state index contributed by atoms with van der Waals surface area (Å²) >= 11 is 1.84. The quantitative estimate of drug-likeness (QED) is 0.836. The van der Waals surface area contributed by atoms with Gasteiger partial charge in [-0.25, -0.2) is 9.48 Å². The van der Waals surface area contributed by atoms with Crippen LogP contribution in [-0.2, 0) is 5.72 Å². The topological polar surface area (TPSA) is 35.7 Å². The average molecular weight is 370 g/mol. The van der Waals surface area contributed by atoms with Crippen LogP contribution in [0, 0.1) is 6.92 Å². The molecule has 2 aliphatic heterocycles. The number of hydrogen-bond acceptors (Lipinski definition) is 4. The minimum absolute atomic E-state index is 0.536. The van der Waals surface area contributed by atoms with Crippen molar-refractivity contribution in [1.29, 1.82) is 0 Å². The summed E-state index contributed by atoms with van der Waals surface area (Å²) in [6.45, 7) is 6.15. The van der Waals surface area contributed by atoms with E-state index in [4.69, 9.17) is 4.74 Å². The van der Waals surface area contributed by atoms with Crippen molar-refractivity contribution in [2.75, 3.05) is 30.3 Å². The molecule has 0 saturated carbocycles. The van der Waals surface area contributed by atoms with Crippen molar-refractivity contribution < 1.29 is 14.4 Å². The zero-order chi connectivity index (χ0) is 18.1. The number of aliphatic hydroxyl groups is 1. The minimum Gasteiger partial charge on any atom is -0.494 e. The van der Waals surface area contributed by atoms with Crippen molar-refractivity contribution in [2.24, 2.45) is 0 Å². The molecule has 2 aliphatic rings. The summed E-state index contributed by atoms with van der Waals surface area (Å²) in [7, 11) is 0. The summed E-state index contributed by atoms with van der Waals surface area (Å²) in [5.41, 5.74) is 2.29. The normalized spacial score (nSPS) is 22.5. The third kappa shape index (κ3) is 2.89. The first-order valence-corrected chi connectivity index (χ1v) is 10.2. The van der Waals surface area contributed by atoms with E-state index in [2.05, 4.69) is 40.7 Å². The maximum Gasteiger partial charge on any atom is 0.316 e. The summed E-state index contributed by atoms with van der Waals surface area (Å²) in [4.78, 5) is 2.27. The molecule has 0 fully saturated rings. The number of anilines is 1. The van der Waals surface area contributed by atoms with Crippen LogP contribution >= 0.6 is 11.8 Å². The van der Waals surface area contributed by atoms with E-state index < -0.39 is 5.72 Å². The zero-order valence-corrected chi connectivity index (χ0v) is 16.1. The number of aryl methyl sites for hydroxylation is 1. The lowest BCUT2D eigenvalue weighted by Gasteiger charge is -2.24. The van der Waals surface area contributed by atoms with Crippen molar-refractivity contribution in [3.05, 3.63) is 59.7 Å². The number of nitrogens with zero attached hydrogens (tertiary/aromatic N) is 2. The Morgan fingerprint density at radius 1 is 1.19 bits per heavy atom. The highest BCUT2D eigenvalue weighted by Gasteiger charge is 2.53. The van der Waals surface area contributed by atoms with Crippen LogP contribution in [0.4, 0.5) is 5.69 Å². The van der Waals surface area contributed by atoms with Crippen molar-refractivity contribution in [3.8, 4) is 5.75 Å². The third-order valence-electron chi connectivity index (χ3n) is 5.08. The number of ether oxygens (including phenoxy) is 1. The highest BCUT2D eigenvalue weighted by molar-refractivity contribution is 8.13. The fourth-order valence-electron chi connectivity index (χ4n) is 3.79. The van der Waals surface area contributed by atoms with E-state index in [0.717, 1.165) is 35.2 Å². The number of hydrogen-bond donors (Lipinski definition) is 1. The summed E-state index contributed by atoms with van der Waals surface area (Å²) in [6, 6.07) is 16.3. The monoisotopic (exact) mass is 369 g/mol. The van der Waals surface area contributed by atoms with Gasteiger partial charge in [0.25, 0.3) is 5.72 Å². The molecule has 0 aliphatic carbocycles. The Morgan fingerprint density at radius 2 is 1.96 bits per heavy atom. The molecule has 0 amide bonds. The Hall–Kier alpha value is -1.98. The van der Waals surface area contributed by atoms with Gasteiger partial charge in [-0.3, -0.25) is 0 Å². The highest BCUT2D eigenvalue weighted by atomic mass is 32.2. The molecule has 2 heterocycles. The largest absolute Gasteiger partial charge is 0.494 e. The van der Waals surface area contributed by atoms with Gasteiger partial charge in [0, 0.05) is 11.3 Å². The Labute approximate surface area is 159 Å². The molecule has 0 radical (unpaired) electrons. The van der Waals surface area contributed by atoms with Gasteiger partial charge in [-0.2, -0.15) is 0 Å². The fourth-order valence-corrected chi connectivity index (χ4v) is 4.96. The van der Waals surface area contributed by atoms with Crippen molar-refractivity contribution in [3.63, 3.8) is 0 Å². The number of thioether (sulfide) groups is 1. The zero-order valence-electron chi connectivity index (χ0n) is 15.3. The lowest BCUT2D eigenvalue weighted by atomic mass is 10.0. The van der Waals surface area contributed by atoms with Crippen LogP contribution in [0.15, 0.2) is 48.5 Å². The Balaban J connectivity index is 1.75. The summed E-state index contributed by atoms with van der Waals surface area (Å²) < 4.78 is 7.72. The van der Waals surface area contributed by atoms with Crippen molar-refractivity contribution in [2.45, 2.75) is 26.0 Å². The molecule has 1 atom stereocenters. The molecule has 26 heavy (non-hydrogen) atoms. The van der Waals surface area contributed by atoms with Gasteiger partial charge in [-0.05, 0) is 67.9 Å². The third-order valence-corrected chi connectivity index (χ3v) is 6.27. The Bertz CT molecular complexity index is 834. The molecular weight excluding hydrogens is 344 g/mol. The molecule has 4 nitrogen and oxygen atoms in total. The molecule has 4 rings (SSSR count). The van der Waals surface area contributed by atoms with Crippen LogP contribution in [0.5, 0.6) is 5.75 Å². The number of para-hydroxylation sites is 1. The van der Waals surface area contributed by atoms with Gasteiger partial charge in [0.05, 0.1) is 13.2 Å². The van der Waals surface area contributed by atoms with E-state index in [1.54, 1.807) is 0 Å². The average Bonchev–Trinajstić information content (AvgIpc) is 2.97. The van der Waals surface area contributed by atoms with Gasteiger partial charge in [0.2, 0.25) is 0 Å². The smallest absolute Gasteiger partial charge is 0.316 e. The molecule has 0 aromatic heterocycles. The molecule has 0 unspecified atom stereocenters. The van der Waals surface area contributed by atoms with Gasteiger partial charge in [-0.1, -0.05) is 18.2 Å². The second-order valence-electron chi connectivity index (χ2n) is 6.78. The van der Waals surface area contributed by atoms with Gasteiger partial charge in [0.15, 0.2) is 6.54 Å². The van der Waals surface area contributed by atoms with E-state index in [1.165, 1.54) is 11.3 Å². The number of amidine groups is 1. The maximum absolute atomic E-state index is 11.7. The first kappa shape index (κ1) is 17.4. The fraction of sp³-hybridized carbons (Fsp3) is 0.381. The van der Waals surface area contributed by atoms with E-state index in [0.29, 0.717) is 13.2 Å². The van der Waals surface area contributed by atoms with Gasteiger partial charge in [0.1, 0.15) is 11.4 Å². The van der Waals surface area contributed by atoms with E-state index in [1.807, 2.05) is 43.0 Å². The molecule has 2 aromatic rings. The predicted octanol–water partition coefficient (Wildman–Crippen LogP) is 3.56. The van der Waals surface area contributed by atoms with Crippen molar-refractivity contribution in [1.82, 2.24) is 0 Å². The van der Waals surface area contributed by atoms with Crippen LogP contribution in [-0.4, -0.2) is 40.3 Å². The van der Waals surface area contributed by atoms with Gasteiger partial charge in [-0.15, -0.1) is 0 Å². The number of β-amino-alcohol motifs (C(OH)–C–C–N with tert-alkyl or cyclic N) is 1. The molecule has 136 valence electrons. The van der Waals surface area contributed by atoms with Crippen molar-refractivity contribution >= 4 is 22.6 Å². The molecule has 0 bridgehead atoms. The molecular formula is C21H25N2O2S+. The lowest BCUT2D eigenvalue weighted by Crippen LogP contribution is -2.41. The molecule has 0 saturated heterocycles. The van der Waals surface area contributed by atoms with Gasteiger partial charge >= 0.3 is 5.17 Å². The number of rotatable bonds is 4. The molecule has 0 spiro atoms. The van der Waals surface area contributed by atoms with Crippen LogP contribution in [0.25, 0.3) is 0 Å². The van der Waals surface area contributed by atoms with Crippen LogP contribution in [0.1, 0.15) is 24.5 Å². The molecule has 1 N–H and O–H groups in total. The first-order valence-electron chi connectivity index (χ1n) is 9.20. The van der Waals surface area contributed by atoms with Crippen LogP contribution in [0.3, 0.4) is 0 Å². The highest BCUT2D eigenvalue weighted by Crippen LogP contribution is 2.38. The molecule has 5 heteroatoms. The van der Waals surface area contributed by atoms with Crippen LogP contribution < -0.4 is 9.64 Å². The van der Waals surface area contributed by atoms with E-state index in [-0.39, 0.29) is 0 Å². The van der Waals surface area contributed by atoms with Crippen LogP contribution in [0.2, 0.25) is 0 Å². The Morgan fingerprint density at radius 3 is 2.69 bits per heavy atom. The maximum atomic E-state index is 11.7. The first-order chi connectivity index (χ1) is 12.6. The van der Waals surface area contributed by atoms with Gasteiger partial charge < -0.3 is 9.84 Å². The molecule has 2 aromatic carbocycles. The summed E-state index contributed by atoms with van der Waals surface area (Å²) in [5, 5.41) is 12.9. The standard InChI is InChI=1S/C21H25N2O2S/c1-3-25-18-11-9-17(10-12-18)21(24)15-22(19-8-5-4-7-16(19)2)20-23(21)13-6-14-26-20/h4-5,7-12,24H,3,6,13-15H2,1-2H3/q+1/t21-/m0/s1. The lowest BCUT2D eigenvalue weighted by molar-refractivity contribution is -0.656. The SMILES string of the molecule is CCOc1ccc([C@@]2(O)CN(c3ccccc3C)C3=[N+]2CCCS3)cc1. The Kier molecular flexibility index (Phi) is 4.67. The minimum atomic E-state index is -1.02. The summed E-state index contributed by atoms with van der Waals surface area (Å²) in [5.74, 6) is 1.93. The van der Waals surface area contributed by atoms with E-state index in [9.17, 15) is 5.11 Å². The van der Waals surface area contributed by atoms with E-state index >= 15 is 0 Å². The second-order valence-corrected chi connectivity index (χ2v) is 7.84. The number of benzene rings is 2. The predicted molar refractivity (Wildman–Crippen MR) is 107 cm³/mol. The summed E-state index contributed by atoms with van der Waals surface area (Å²) in [6.07, 6.45) is 1.08. The second kappa shape index (κ2) is 6.97.